The Morgan fingerprint density at radius 3 is 2.56 bits per heavy atom. The Bertz CT molecular complexity index is 1380. The van der Waals surface area contributed by atoms with Crippen molar-refractivity contribution in [3.63, 3.8) is 0 Å². The van der Waals surface area contributed by atoms with Gasteiger partial charge in [-0.25, -0.2) is 9.37 Å². The highest BCUT2D eigenvalue weighted by Gasteiger charge is 2.35. The second kappa shape index (κ2) is 10.1. The fraction of sp³-hybridized carbons (Fsp3) is 0.345. The minimum atomic E-state index is -0.816. The maximum absolute atomic E-state index is 15.3. The van der Waals surface area contributed by atoms with Gasteiger partial charge in [-0.3, -0.25) is 9.78 Å². The predicted molar refractivity (Wildman–Crippen MR) is 136 cm³/mol. The molecular formula is C29H30FN3O3. The van der Waals surface area contributed by atoms with E-state index in [1.165, 1.54) is 6.07 Å². The van der Waals surface area contributed by atoms with Crippen LogP contribution in [0.4, 0.5) is 4.39 Å². The molecule has 6 nitrogen and oxygen atoms in total. The molecule has 0 radical (unpaired) electrons. The van der Waals surface area contributed by atoms with Crippen LogP contribution in [-0.2, 0) is 17.9 Å². The highest BCUT2D eigenvalue weighted by molar-refractivity contribution is 5.79. The van der Waals surface area contributed by atoms with Crippen LogP contribution in [0.1, 0.15) is 59.8 Å². The minimum Gasteiger partial charge on any atom is -0.487 e. The fourth-order valence-electron chi connectivity index (χ4n) is 5.06. The normalized spacial score (nSPS) is 17.9. The smallest absolute Gasteiger partial charge is 0.307 e. The van der Waals surface area contributed by atoms with Crippen LogP contribution in [-0.4, -0.2) is 25.6 Å². The van der Waals surface area contributed by atoms with E-state index >= 15 is 4.39 Å². The van der Waals surface area contributed by atoms with Gasteiger partial charge >= 0.3 is 5.97 Å². The first-order valence-electron chi connectivity index (χ1n) is 12.4. The number of carboxylic acids is 1. The van der Waals surface area contributed by atoms with E-state index in [2.05, 4.69) is 4.98 Å². The number of hydrogen-bond donors (Lipinski definition) is 1. The lowest BCUT2D eigenvalue weighted by atomic mass is 9.78. The van der Waals surface area contributed by atoms with Crippen molar-refractivity contribution in [1.29, 1.82) is 0 Å². The third-order valence-electron chi connectivity index (χ3n) is 7.05. The first-order chi connectivity index (χ1) is 17.4. The van der Waals surface area contributed by atoms with Crippen LogP contribution < -0.4 is 4.74 Å². The molecule has 0 spiro atoms. The summed E-state index contributed by atoms with van der Waals surface area (Å²) in [6.07, 6.45) is 4.91. The second-order valence-corrected chi connectivity index (χ2v) is 9.77. The van der Waals surface area contributed by atoms with Crippen LogP contribution in [0.25, 0.3) is 11.0 Å². The Labute approximate surface area is 209 Å². The predicted octanol–water partition coefficient (Wildman–Crippen LogP) is 6.17. The molecular weight excluding hydrogens is 457 g/mol. The molecule has 0 bridgehead atoms. The summed E-state index contributed by atoms with van der Waals surface area (Å²) in [5.41, 5.74) is 4.85. The number of fused-ring (bicyclic) bond motifs is 1. The number of aromatic nitrogens is 3. The van der Waals surface area contributed by atoms with E-state index in [4.69, 9.17) is 9.72 Å². The lowest BCUT2D eigenvalue weighted by Crippen LogP contribution is -2.27. The Morgan fingerprint density at radius 1 is 1.08 bits per heavy atom. The van der Waals surface area contributed by atoms with Gasteiger partial charge in [-0.05, 0) is 43.9 Å². The zero-order chi connectivity index (χ0) is 25.2. The van der Waals surface area contributed by atoms with Gasteiger partial charge in [0.15, 0.2) is 5.82 Å². The number of aliphatic carboxylic acids is 1. The van der Waals surface area contributed by atoms with Gasteiger partial charge in [0.2, 0.25) is 0 Å². The monoisotopic (exact) mass is 487 g/mol. The van der Waals surface area contributed by atoms with Gasteiger partial charge in [-0.2, -0.15) is 0 Å². The molecule has 2 aromatic heterocycles. The number of nitrogens with zero attached hydrogens (tertiary/aromatic N) is 3. The topological polar surface area (TPSA) is 77.2 Å². The number of halogens is 1. The number of rotatable bonds is 7. The van der Waals surface area contributed by atoms with Crippen molar-refractivity contribution in [1.82, 2.24) is 14.5 Å². The van der Waals surface area contributed by atoms with E-state index in [0.717, 1.165) is 41.6 Å². The molecule has 1 N–H and O–H groups in total. The van der Waals surface area contributed by atoms with Gasteiger partial charge in [0.1, 0.15) is 23.7 Å². The van der Waals surface area contributed by atoms with Crippen molar-refractivity contribution in [2.75, 3.05) is 0 Å². The zero-order valence-electron chi connectivity index (χ0n) is 20.6. The standard InChI is InChI=1S/C29H30FN3O3/c1-18-7-10-20(11-8-18)16-33-26-14-22(36-17-21-12-9-19(2)15-31-21)13-25(30)27(26)32-28(33)23-5-3-4-6-24(23)29(34)35/h7-15,23-24H,3-6,16-17H2,1-2H3,(H,34,35)/t23-,24+/m0/s1. The molecule has 7 heteroatoms. The van der Waals surface area contributed by atoms with Crippen molar-refractivity contribution in [2.45, 2.75) is 58.6 Å². The van der Waals surface area contributed by atoms with Gasteiger partial charge in [0.25, 0.3) is 0 Å². The van der Waals surface area contributed by atoms with Crippen molar-refractivity contribution in [2.24, 2.45) is 5.92 Å². The van der Waals surface area contributed by atoms with E-state index in [1.54, 1.807) is 12.3 Å². The first-order valence-corrected chi connectivity index (χ1v) is 12.4. The maximum atomic E-state index is 15.3. The summed E-state index contributed by atoms with van der Waals surface area (Å²) in [6.45, 7) is 4.68. The molecule has 0 unspecified atom stereocenters. The largest absolute Gasteiger partial charge is 0.487 e. The Hall–Kier alpha value is -3.74. The summed E-state index contributed by atoms with van der Waals surface area (Å²) in [6, 6.07) is 15.2. The number of ether oxygens (including phenoxy) is 1. The molecule has 2 atom stereocenters. The lowest BCUT2D eigenvalue weighted by Gasteiger charge is -2.28. The van der Waals surface area contributed by atoms with Crippen LogP contribution in [0.15, 0.2) is 54.7 Å². The van der Waals surface area contributed by atoms with E-state index < -0.39 is 17.7 Å². The summed E-state index contributed by atoms with van der Waals surface area (Å²) in [7, 11) is 0. The van der Waals surface area contributed by atoms with Crippen LogP contribution in [0.2, 0.25) is 0 Å². The van der Waals surface area contributed by atoms with Crippen LogP contribution in [0.3, 0.4) is 0 Å². The van der Waals surface area contributed by atoms with Crippen molar-refractivity contribution in [3.05, 3.63) is 88.8 Å². The van der Waals surface area contributed by atoms with E-state index in [9.17, 15) is 9.90 Å². The molecule has 186 valence electrons. The molecule has 2 heterocycles. The number of benzene rings is 2. The molecule has 1 saturated carbocycles. The minimum absolute atomic E-state index is 0.216. The number of aryl methyl sites for hydroxylation is 2. The van der Waals surface area contributed by atoms with E-state index in [0.29, 0.717) is 30.1 Å². The second-order valence-electron chi connectivity index (χ2n) is 9.77. The molecule has 1 aliphatic carbocycles. The molecule has 1 aliphatic rings. The molecule has 0 saturated heterocycles. The summed E-state index contributed by atoms with van der Waals surface area (Å²) >= 11 is 0. The summed E-state index contributed by atoms with van der Waals surface area (Å²) in [5.74, 6) is -1.07. The Balaban J connectivity index is 1.57. The lowest BCUT2D eigenvalue weighted by molar-refractivity contribution is -0.143. The fourth-order valence-corrected chi connectivity index (χ4v) is 5.06. The third-order valence-corrected chi connectivity index (χ3v) is 7.05. The van der Waals surface area contributed by atoms with Crippen molar-refractivity contribution < 1.29 is 19.0 Å². The van der Waals surface area contributed by atoms with Crippen LogP contribution in [0, 0.1) is 25.6 Å². The molecule has 5 rings (SSSR count). The summed E-state index contributed by atoms with van der Waals surface area (Å²) < 4.78 is 23.2. The first kappa shape index (κ1) is 24.0. The van der Waals surface area contributed by atoms with Gasteiger partial charge in [-0.15, -0.1) is 0 Å². The van der Waals surface area contributed by atoms with Gasteiger partial charge < -0.3 is 14.4 Å². The number of carbonyl (C=O) groups is 1. The molecule has 0 amide bonds. The Kier molecular flexibility index (Phi) is 6.72. The Morgan fingerprint density at radius 2 is 1.83 bits per heavy atom. The zero-order valence-corrected chi connectivity index (χ0v) is 20.6. The van der Waals surface area contributed by atoms with Gasteiger partial charge in [0.05, 0.1) is 17.1 Å². The van der Waals surface area contributed by atoms with E-state index in [-0.39, 0.29) is 18.0 Å². The molecule has 0 aliphatic heterocycles. The highest BCUT2D eigenvalue weighted by Crippen LogP contribution is 2.40. The summed E-state index contributed by atoms with van der Waals surface area (Å²) in [5, 5.41) is 9.91. The van der Waals surface area contributed by atoms with Crippen LogP contribution in [0.5, 0.6) is 5.75 Å². The average molecular weight is 488 g/mol. The number of hydrogen-bond acceptors (Lipinski definition) is 4. The summed E-state index contributed by atoms with van der Waals surface area (Å²) in [4.78, 5) is 21.2. The quantitative estimate of drug-likeness (QED) is 0.337. The SMILES string of the molecule is Cc1ccc(Cn2c([C@H]3CCCC[C@H]3C(=O)O)nc3c(F)cc(OCc4ccc(C)cn4)cc32)cc1. The third kappa shape index (κ3) is 4.96. The van der Waals surface area contributed by atoms with Gasteiger partial charge in [0, 0.05) is 30.8 Å². The molecule has 4 aromatic rings. The number of carboxylic acid groups (broad SMARTS) is 1. The number of pyridine rings is 1. The molecule has 36 heavy (non-hydrogen) atoms. The van der Waals surface area contributed by atoms with Crippen molar-refractivity contribution in [3.8, 4) is 5.75 Å². The molecule has 2 aromatic carbocycles. The van der Waals surface area contributed by atoms with Crippen molar-refractivity contribution >= 4 is 17.0 Å². The average Bonchev–Trinajstić information content (AvgIpc) is 3.23. The molecule has 1 fully saturated rings. The van der Waals surface area contributed by atoms with Crippen LogP contribution >= 0.6 is 0 Å². The van der Waals surface area contributed by atoms with Gasteiger partial charge in [-0.1, -0.05) is 48.7 Å². The number of imidazole rings is 1. The maximum Gasteiger partial charge on any atom is 0.307 e. The van der Waals surface area contributed by atoms with E-state index in [1.807, 2.05) is 54.8 Å². The highest BCUT2D eigenvalue weighted by atomic mass is 19.1.